The summed E-state index contributed by atoms with van der Waals surface area (Å²) in [5.41, 5.74) is 1.52. The van der Waals surface area contributed by atoms with Crippen LogP contribution in [0.2, 0.25) is 13.3 Å². The van der Waals surface area contributed by atoms with E-state index in [1.807, 2.05) is 19.4 Å². The Morgan fingerprint density at radius 3 is 1.49 bits per heavy atom. The average molecular weight is 1170 g/mol. The molecule has 0 saturated heterocycles. The molecule has 18 nitrogen and oxygen atoms in total. The van der Waals surface area contributed by atoms with Crippen molar-refractivity contribution in [3.8, 4) is 23.6 Å². The fourth-order valence-electron chi connectivity index (χ4n) is 11.1. The molecule has 2 amide bonds. The van der Waals surface area contributed by atoms with Gasteiger partial charge in [-0.05, 0) is 54.5 Å². The zero-order valence-electron chi connectivity index (χ0n) is 43.3. The first-order valence-electron chi connectivity index (χ1n) is 26.5. The number of hydrogen-bond acceptors (Lipinski definition) is 14. The van der Waals surface area contributed by atoms with Gasteiger partial charge in [0.15, 0.2) is 16.4 Å². The molecule has 2 fully saturated rings. The molecule has 2 aliphatic carbocycles. The molecule has 2 aliphatic heterocycles. The second-order valence-electron chi connectivity index (χ2n) is 19.5. The Morgan fingerprint density at radius 1 is 0.603 bits per heavy atom. The monoisotopic (exact) mass is 1170 g/mol. The Balaban J connectivity index is 0.000000164. The molecule has 2 atom stereocenters. The Hall–Kier alpha value is -5.18. The molecule has 0 bridgehead atoms. The molecule has 4 aliphatic rings. The molecule has 6 aromatic heterocycles. The zero-order valence-corrected chi connectivity index (χ0v) is 47.7. The van der Waals surface area contributed by atoms with Crippen LogP contribution in [0.5, 0.6) is 0 Å². The van der Waals surface area contributed by atoms with Crippen LogP contribution in [0.1, 0.15) is 145 Å². The zero-order chi connectivity index (χ0) is 50.8. The van der Waals surface area contributed by atoms with Gasteiger partial charge in [0.25, 0.3) is 5.89 Å². The van der Waals surface area contributed by atoms with Gasteiger partial charge >= 0.3 is 117 Å². The minimum atomic E-state index is -2.31. The number of imidazole rings is 2. The van der Waals surface area contributed by atoms with E-state index in [1.165, 1.54) is 87.7 Å². The number of nitrogens with zero attached hydrogens (tertiary/aromatic N) is 14. The maximum atomic E-state index is 13.0. The van der Waals surface area contributed by atoms with E-state index in [1.54, 1.807) is 69.4 Å². The number of amides is 2. The minimum Gasteiger partial charge on any atom is -0.442 e. The van der Waals surface area contributed by atoms with Crippen molar-refractivity contribution in [1.82, 2.24) is 49.0 Å². The first-order valence-corrected chi connectivity index (χ1v) is 34.8. The predicted molar refractivity (Wildman–Crippen MR) is 294 cm³/mol. The van der Waals surface area contributed by atoms with Crippen LogP contribution < -0.4 is 23.5 Å². The van der Waals surface area contributed by atoms with Crippen LogP contribution in [0.3, 0.4) is 0 Å². The number of hydrogen-bond donors (Lipinski definition) is 0. The summed E-state index contributed by atoms with van der Waals surface area (Å²) < 4.78 is 20.9. The molecule has 394 valence electrons. The van der Waals surface area contributed by atoms with E-state index < -0.39 is 18.4 Å². The molecule has 0 aromatic carbocycles. The summed E-state index contributed by atoms with van der Waals surface area (Å²) in [6.45, 7) is 11.0. The van der Waals surface area contributed by atoms with Gasteiger partial charge < -0.3 is 24.0 Å². The van der Waals surface area contributed by atoms with Crippen molar-refractivity contribution in [2.24, 2.45) is 0 Å². The number of fused-ring (bicyclic) bond motifs is 2. The van der Waals surface area contributed by atoms with E-state index in [2.05, 4.69) is 90.3 Å². The SMILES string of the molecule is C.CCC[CH2][Sn]([CH2]CCC)([CH2]CCC)[c]1ncco1.CC[C@@H]1C(=O)N(C)c2cnc(-n3ccnc3-c3ncco3)nc2N1C1CCCC1.CC[C@@H]1C(=O)N(C)c2cnc(-n3ccnc3Br)nc2N1C1CCCC1. The van der Waals surface area contributed by atoms with E-state index in [0.29, 0.717) is 40.4 Å². The minimum absolute atomic E-state index is 0. The summed E-state index contributed by atoms with van der Waals surface area (Å²) in [5, 5.41) is 0. The van der Waals surface area contributed by atoms with Crippen molar-refractivity contribution >= 4 is 73.0 Å². The van der Waals surface area contributed by atoms with Gasteiger partial charge in [0, 0.05) is 51.0 Å². The fraction of sp³-hybridized carbons (Fsp3) is 0.585. The van der Waals surface area contributed by atoms with Crippen molar-refractivity contribution in [3.63, 3.8) is 0 Å². The molecule has 20 heteroatoms. The number of aromatic nitrogens is 10. The number of anilines is 4. The van der Waals surface area contributed by atoms with E-state index >= 15 is 0 Å². The Labute approximate surface area is 444 Å². The average Bonchev–Trinajstić information content (AvgIpc) is 4.27. The van der Waals surface area contributed by atoms with Crippen molar-refractivity contribution in [3.05, 3.63) is 66.8 Å². The van der Waals surface area contributed by atoms with Crippen molar-refractivity contribution in [2.75, 3.05) is 33.7 Å². The molecule has 0 radical (unpaired) electrons. The van der Waals surface area contributed by atoms with Gasteiger partial charge in [-0.2, -0.15) is 9.97 Å². The second kappa shape index (κ2) is 25.9. The topological polar surface area (TPSA) is 186 Å². The maximum Gasteiger partial charge on any atom is 0.263 e. The molecule has 6 aromatic rings. The maximum absolute atomic E-state index is 13.0. The quantitative estimate of drug-likeness (QED) is 0.0785. The van der Waals surface area contributed by atoms with Gasteiger partial charge in [-0.1, -0.05) is 47.0 Å². The van der Waals surface area contributed by atoms with Gasteiger partial charge in [0.1, 0.15) is 29.7 Å². The third-order valence-electron chi connectivity index (χ3n) is 15.0. The molecule has 73 heavy (non-hydrogen) atoms. The van der Waals surface area contributed by atoms with E-state index in [0.717, 1.165) is 61.5 Å². The van der Waals surface area contributed by atoms with E-state index in [9.17, 15) is 9.59 Å². The molecule has 10 rings (SSSR count). The summed E-state index contributed by atoms with van der Waals surface area (Å²) in [4.78, 5) is 69.7. The number of carbonyl (C=O) groups excluding carboxylic acids is 2. The van der Waals surface area contributed by atoms with Gasteiger partial charge in [-0.15, -0.1) is 0 Å². The van der Waals surface area contributed by atoms with Crippen molar-refractivity contribution in [2.45, 2.75) is 182 Å². The number of oxazole rings is 2. The molecular formula is C53H77BrN14O4Sn. The molecule has 0 spiro atoms. The fourth-order valence-corrected chi connectivity index (χ4v) is 26.2. The molecule has 8 heterocycles. The van der Waals surface area contributed by atoms with Crippen LogP contribution in [-0.2, 0) is 9.59 Å². The van der Waals surface area contributed by atoms with Crippen molar-refractivity contribution < 1.29 is 18.4 Å². The van der Waals surface area contributed by atoms with Crippen LogP contribution in [0.4, 0.5) is 23.0 Å². The summed E-state index contributed by atoms with van der Waals surface area (Å²) in [7, 11) is 3.61. The number of rotatable bonds is 17. The second-order valence-corrected chi connectivity index (χ2v) is 33.1. The standard InChI is InChI=1S/C20H23N7O2.C17H21BrN6O.3C4H9.C3H2NO.CH4.Sn/c1-3-14-19(28)25(2)15-12-23-20(24-16(15)27(14)13-6-4-5-7-13)26-10-8-21-17(26)18-22-9-11-29-18;1-3-12-15(25)22(2)13-10-20-17(23-9-8-19-16(23)18)21-14(13)24(12)11-6-4-5-7-11;3*1-3-4-2;1-2-5-3-4-1;;/h8-14H,3-7H2,1-2H3;8-12H,3-7H2,1-2H3;3*1,3-4H2,2H3;1-2H;1H4;/t14-;12-;;;;;;/m11....../s1. The van der Waals surface area contributed by atoms with Crippen LogP contribution in [0.25, 0.3) is 23.6 Å². The third-order valence-corrected chi connectivity index (χ3v) is 30.1. The smallest absolute Gasteiger partial charge is 0.263 e. The first kappa shape index (κ1) is 55.6. The summed E-state index contributed by atoms with van der Waals surface area (Å²) in [6.07, 6.45) is 35.9. The number of carbonyl (C=O) groups is 2. The van der Waals surface area contributed by atoms with Crippen LogP contribution >= 0.6 is 15.9 Å². The Bertz CT molecular complexity index is 2640. The third kappa shape index (κ3) is 11.9. The summed E-state index contributed by atoms with van der Waals surface area (Å²) in [5.74, 6) is 3.87. The van der Waals surface area contributed by atoms with Crippen LogP contribution in [-0.4, -0.2) is 117 Å². The molecule has 0 N–H and O–H groups in total. The summed E-state index contributed by atoms with van der Waals surface area (Å²) in [6, 6.07) is 0.338. The number of halogens is 1. The number of likely N-dealkylation sites (N-methyl/N-ethyl adjacent to an activating group) is 2. The van der Waals surface area contributed by atoms with Crippen LogP contribution in [0, 0.1) is 0 Å². The normalized spacial score (nSPS) is 18.0. The molecule has 0 unspecified atom stereocenters. The Kier molecular flexibility index (Phi) is 19.7. The largest absolute Gasteiger partial charge is 0.442 e. The first-order chi connectivity index (χ1) is 35.1. The van der Waals surface area contributed by atoms with Crippen LogP contribution in [0.15, 0.2) is 75.7 Å². The molecular weight excluding hydrogens is 1100 g/mol. The number of unbranched alkanes of at least 4 members (excludes halogenated alkanes) is 3. The van der Waals surface area contributed by atoms with Gasteiger partial charge in [-0.25, -0.2) is 24.9 Å². The van der Waals surface area contributed by atoms with E-state index in [4.69, 9.17) is 18.8 Å². The van der Waals surface area contributed by atoms with Crippen molar-refractivity contribution in [1.29, 1.82) is 0 Å². The van der Waals surface area contributed by atoms with E-state index in [-0.39, 0.29) is 31.3 Å². The van der Waals surface area contributed by atoms with Gasteiger partial charge in [-0.3, -0.25) is 18.7 Å². The Morgan fingerprint density at radius 2 is 1.07 bits per heavy atom. The molecule has 2 saturated carbocycles. The van der Waals surface area contributed by atoms with Gasteiger partial charge in [0.2, 0.25) is 29.5 Å². The summed E-state index contributed by atoms with van der Waals surface area (Å²) >= 11 is 1.11. The van der Waals surface area contributed by atoms with Gasteiger partial charge in [0.05, 0.1) is 18.6 Å². The predicted octanol–water partition coefficient (Wildman–Crippen LogP) is 11.1.